The van der Waals surface area contributed by atoms with E-state index in [1.165, 1.54) is 5.23 Å². The van der Waals surface area contributed by atoms with E-state index in [-0.39, 0.29) is 0 Å². The zero-order valence-electron chi connectivity index (χ0n) is 6.54. The Hall–Kier alpha value is -0.160. The largest absolute Gasteiger partial charge is 0.303 e. The van der Waals surface area contributed by atoms with Gasteiger partial charge in [0.1, 0.15) is 0 Å². The van der Waals surface area contributed by atoms with Gasteiger partial charge in [-0.2, -0.15) is 0 Å². The van der Waals surface area contributed by atoms with Crippen LogP contribution in [-0.2, 0) is 9.68 Å². The summed E-state index contributed by atoms with van der Waals surface area (Å²) in [5, 5.41) is 1.52. The molecule has 1 rings (SSSR count). The number of likely N-dealkylation sites (N-methyl/N-ethyl adjacent to an activating group) is 1. The van der Waals surface area contributed by atoms with Gasteiger partial charge in [0.05, 0.1) is 20.3 Å². The first-order valence-corrected chi connectivity index (χ1v) is 3.46. The van der Waals surface area contributed by atoms with Crippen LogP contribution in [0.2, 0.25) is 0 Å². The summed E-state index contributed by atoms with van der Waals surface area (Å²) < 4.78 is 0. The number of hydroxylamine groups is 2. The zero-order valence-corrected chi connectivity index (χ0v) is 6.54. The molecule has 0 aromatic carbocycles. The first-order valence-electron chi connectivity index (χ1n) is 3.46. The van der Waals surface area contributed by atoms with Crippen LogP contribution >= 0.6 is 0 Å². The van der Waals surface area contributed by atoms with Crippen LogP contribution in [0.1, 0.15) is 0 Å². The number of hydrogen-bond donors (Lipinski definition) is 0. The van der Waals surface area contributed by atoms with E-state index in [1.807, 2.05) is 0 Å². The molecule has 0 N–H and O–H groups in total. The highest BCUT2D eigenvalue weighted by Gasteiger charge is 2.10. The molecule has 1 aliphatic heterocycles. The summed E-state index contributed by atoms with van der Waals surface area (Å²) in [6, 6.07) is 0. The minimum atomic E-state index is 0.713. The summed E-state index contributed by atoms with van der Waals surface area (Å²) in [5.74, 6) is 0. The van der Waals surface area contributed by atoms with Crippen molar-refractivity contribution in [2.75, 3.05) is 40.4 Å². The van der Waals surface area contributed by atoms with Crippen molar-refractivity contribution >= 4 is 0 Å². The molecule has 0 atom stereocenters. The highest BCUT2D eigenvalue weighted by atomic mass is 16.9. The van der Waals surface area contributed by atoms with Crippen molar-refractivity contribution in [3.63, 3.8) is 0 Å². The molecule has 1 aliphatic rings. The van der Waals surface area contributed by atoms with E-state index in [0.29, 0.717) is 6.61 Å². The van der Waals surface area contributed by atoms with Crippen LogP contribution in [-0.4, -0.2) is 50.5 Å². The molecule has 0 aliphatic carbocycles. The monoisotopic (exact) mass is 146 g/mol. The molecular weight excluding hydrogens is 132 g/mol. The maximum Gasteiger partial charge on any atom is 0.0838 e. The summed E-state index contributed by atoms with van der Waals surface area (Å²) in [4.78, 5) is 12.3. The van der Waals surface area contributed by atoms with Crippen molar-refractivity contribution in [1.29, 1.82) is 0 Å². The van der Waals surface area contributed by atoms with Gasteiger partial charge in [-0.05, 0) is 7.05 Å². The molecule has 0 spiro atoms. The third-order valence-corrected chi connectivity index (χ3v) is 1.58. The Morgan fingerprint density at radius 2 is 2.10 bits per heavy atom. The molecule has 1 fully saturated rings. The van der Waals surface area contributed by atoms with E-state index in [2.05, 4.69) is 11.9 Å². The molecule has 10 heavy (non-hydrogen) atoms. The molecule has 0 radical (unpaired) electrons. The molecule has 4 heteroatoms. The summed E-state index contributed by atoms with van der Waals surface area (Å²) in [6.45, 7) is 3.49. The third kappa shape index (κ3) is 2.22. The van der Waals surface area contributed by atoms with Crippen LogP contribution < -0.4 is 0 Å². The minimum Gasteiger partial charge on any atom is -0.303 e. The van der Waals surface area contributed by atoms with E-state index in [0.717, 1.165) is 19.6 Å². The van der Waals surface area contributed by atoms with Crippen LogP contribution in [0.4, 0.5) is 0 Å². The van der Waals surface area contributed by atoms with Crippen molar-refractivity contribution in [3.05, 3.63) is 0 Å². The summed E-state index contributed by atoms with van der Waals surface area (Å²) in [7, 11) is 3.69. The average Bonchev–Trinajstić information content (AvgIpc) is 2.14. The Bertz CT molecular complexity index is 99.7. The van der Waals surface area contributed by atoms with Gasteiger partial charge in [0.15, 0.2) is 0 Å². The molecule has 0 aromatic heterocycles. The molecule has 0 saturated carbocycles. The Labute approximate surface area is 61.2 Å². The van der Waals surface area contributed by atoms with Gasteiger partial charge in [0.25, 0.3) is 0 Å². The minimum absolute atomic E-state index is 0.713. The van der Waals surface area contributed by atoms with Gasteiger partial charge in [0.2, 0.25) is 0 Å². The zero-order chi connectivity index (χ0) is 7.40. The lowest BCUT2D eigenvalue weighted by Crippen LogP contribution is -2.27. The normalized spacial score (nSPS) is 24.6. The van der Waals surface area contributed by atoms with Crippen molar-refractivity contribution in [3.8, 4) is 0 Å². The fourth-order valence-corrected chi connectivity index (χ4v) is 0.871. The molecule has 1 heterocycles. The second kappa shape index (κ2) is 3.88. The van der Waals surface area contributed by atoms with E-state index in [9.17, 15) is 0 Å². The fourth-order valence-electron chi connectivity index (χ4n) is 0.871. The van der Waals surface area contributed by atoms with Gasteiger partial charge in [-0.3, -0.25) is 9.68 Å². The first-order chi connectivity index (χ1) is 4.83. The van der Waals surface area contributed by atoms with Crippen LogP contribution in [0.15, 0.2) is 0 Å². The van der Waals surface area contributed by atoms with Crippen molar-refractivity contribution in [2.45, 2.75) is 0 Å². The third-order valence-electron chi connectivity index (χ3n) is 1.58. The summed E-state index contributed by atoms with van der Waals surface area (Å²) >= 11 is 0. The lowest BCUT2D eigenvalue weighted by Gasteiger charge is -2.14. The molecule has 0 bridgehead atoms. The van der Waals surface area contributed by atoms with Gasteiger partial charge in [0, 0.05) is 13.1 Å². The maximum absolute atomic E-state index is 5.19. The smallest absolute Gasteiger partial charge is 0.0838 e. The Kier molecular flexibility index (Phi) is 3.08. The number of hydrogen-bond acceptors (Lipinski definition) is 4. The van der Waals surface area contributed by atoms with Crippen LogP contribution in [0.25, 0.3) is 0 Å². The van der Waals surface area contributed by atoms with Crippen molar-refractivity contribution in [2.24, 2.45) is 0 Å². The molecule has 60 valence electrons. The van der Waals surface area contributed by atoms with Gasteiger partial charge < -0.3 is 4.90 Å². The Morgan fingerprint density at radius 3 is 2.80 bits per heavy atom. The van der Waals surface area contributed by atoms with E-state index in [1.54, 1.807) is 7.11 Å². The van der Waals surface area contributed by atoms with Gasteiger partial charge in [-0.1, -0.05) is 5.23 Å². The van der Waals surface area contributed by atoms with Gasteiger partial charge in [-0.15, -0.1) is 0 Å². The van der Waals surface area contributed by atoms with Gasteiger partial charge >= 0.3 is 0 Å². The van der Waals surface area contributed by atoms with Crippen LogP contribution in [0.3, 0.4) is 0 Å². The maximum atomic E-state index is 5.19. The number of rotatable bonds is 1. The fraction of sp³-hybridized carbons (Fsp3) is 1.00. The second-order valence-electron chi connectivity index (χ2n) is 2.38. The highest BCUT2D eigenvalue weighted by Crippen LogP contribution is 1.97. The highest BCUT2D eigenvalue weighted by molar-refractivity contribution is 4.53. The average molecular weight is 146 g/mol. The lowest BCUT2D eigenvalue weighted by molar-refractivity contribution is -0.349. The molecule has 0 unspecified atom stereocenters. The second-order valence-corrected chi connectivity index (χ2v) is 2.38. The summed E-state index contributed by atoms with van der Waals surface area (Å²) in [6.07, 6.45) is 0. The predicted octanol–water partition coefficient (Wildman–Crippen LogP) is -0.273. The topological polar surface area (TPSA) is 24.9 Å². The first kappa shape index (κ1) is 7.94. The van der Waals surface area contributed by atoms with E-state index in [4.69, 9.17) is 9.68 Å². The molecular formula is C6H14N2O2. The standard InChI is InChI=1S/C6H14N2O2/c1-7-3-4-8(9-2)10-6-5-7/h3-6H2,1-2H3. The SMILES string of the molecule is CON1CCN(C)CCO1. The predicted molar refractivity (Wildman–Crippen MR) is 37.2 cm³/mol. The molecule has 4 nitrogen and oxygen atoms in total. The lowest BCUT2D eigenvalue weighted by atomic mass is 10.5. The molecule has 0 amide bonds. The van der Waals surface area contributed by atoms with Crippen LogP contribution in [0.5, 0.6) is 0 Å². The van der Waals surface area contributed by atoms with E-state index < -0.39 is 0 Å². The Balaban J connectivity index is 2.26. The molecule has 1 saturated heterocycles. The number of nitrogens with zero attached hydrogens (tertiary/aromatic N) is 2. The van der Waals surface area contributed by atoms with Crippen LogP contribution in [0, 0.1) is 0 Å². The Morgan fingerprint density at radius 1 is 1.30 bits per heavy atom. The van der Waals surface area contributed by atoms with Gasteiger partial charge in [-0.25, -0.2) is 0 Å². The molecule has 0 aromatic rings. The van der Waals surface area contributed by atoms with Crippen molar-refractivity contribution in [1.82, 2.24) is 10.1 Å². The van der Waals surface area contributed by atoms with Crippen molar-refractivity contribution < 1.29 is 9.68 Å². The van der Waals surface area contributed by atoms with E-state index >= 15 is 0 Å². The quantitative estimate of drug-likeness (QED) is 0.508. The summed E-state index contributed by atoms with van der Waals surface area (Å²) in [5.41, 5.74) is 0.